The Morgan fingerprint density at radius 2 is 1.88 bits per heavy atom. The highest BCUT2D eigenvalue weighted by atomic mass is 14.9. The van der Waals surface area contributed by atoms with Gasteiger partial charge in [0.05, 0.1) is 0 Å². The second kappa shape index (κ2) is 5.53. The average Bonchev–Trinajstić information content (AvgIpc) is 2.40. The van der Waals surface area contributed by atoms with Crippen LogP contribution in [0.4, 0.5) is 0 Å². The Morgan fingerprint density at radius 1 is 1.25 bits per heavy atom. The predicted molar refractivity (Wildman–Crippen MR) is 72.6 cm³/mol. The van der Waals surface area contributed by atoms with E-state index in [9.17, 15) is 0 Å². The fourth-order valence-electron chi connectivity index (χ4n) is 3.62. The van der Waals surface area contributed by atoms with Crippen molar-refractivity contribution < 1.29 is 0 Å². The lowest BCUT2D eigenvalue weighted by Gasteiger charge is -2.31. The van der Waals surface area contributed by atoms with Crippen LogP contribution in [0.1, 0.15) is 60.8 Å². The van der Waals surface area contributed by atoms with E-state index in [1.807, 2.05) is 0 Å². The fraction of sp³-hybridized carbons (Fsp3) is 1.00. The van der Waals surface area contributed by atoms with Crippen LogP contribution < -0.4 is 5.32 Å². The highest BCUT2D eigenvalue weighted by Crippen LogP contribution is 2.47. The summed E-state index contributed by atoms with van der Waals surface area (Å²) in [6, 6.07) is 0.719. The molecule has 0 saturated heterocycles. The minimum Gasteiger partial charge on any atom is -0.313 e. The van der Waals surface area contributed by atoms with Crippen molar-refractivity contribution in [1.82, 2.24) is 5.32 Å². The molecule has 1 aliphatic rings. The van der Waals surface area contributed by atoms with Gasteiger partial charge in [-0.2, -0.15) is 0 Å². The van der Waals surface area contributed by atoms with Gasteiger partial charge in [-0.15, -0.1) is 0 Å². The normalized spacial score (nSPS) is 30.9. The summed E-state index contributed by atoms with van der Waals surface area (Å²) < 4.78 is 0. The van der Waals surface area contributed by atoms with Crippen molar-refractivity contribution in [2.45, 2.75) is 66.8 Å². The zero-order valence-electron chi connectivity index (χ0n) is 12.1. The highest BCUT2D eigenvalue weighted by molar-refractivity contribution is 4.93. The summed E-state index contributed by atoms with van der Waals surface area (Å²) in [4.78, 5) is 0. The second-order valence-corrected chi connectivity index (χ2v) is 6.94. The highest BCUT2D eigenvalue weighted by Gasteiger charge is 2.41. The molecule has 0 aliphatic heterocycles. The minimum atomic E-state index is 0.561. The van der Waals surface area contributed by atoms with Gasteiger partial charge < -0.3 is 5.32 Å². The van der Waals surface area contributed by atoms with E-state index in [1.54, 1.807) is 0 Å². The monoisotopic (exact) mass is 225 g/mol. The summed E-state index contributed by atoms with van der Waals surface area (Å²) in [7, 11) is 0. The van der Waals surface area contributed by atoms with E-state index in [2.05, 4.69) is 46.9 Å². The summed E-state index contributed by atoms with van der Waals surface area (Å²) in [5, 5.41) is 3.78. The Kier molecular flexibility index (Phi) is 4.85. The van der Waals surface area contributed by atoms with Gasteiger partial charge in [0.25, 0.3) is 0 Å². The van der Waals surface area contributed by atoms with E-state index >= 15 is 0 Å². The van der Waals surface area contributed by atoms with Crippen LogP contribution in [-0.4, -0.2) is 12.6 Å². The molecule has 0 heterocycles. The van der Waals surface area contributed by atoms with Crippen molar-refractivity contribution in [3.63, 3.8) is 0 Å². The maximum atomic E-state index is 3.78. The van der Waals surface area contributed by atoms with Crippen LogP contribution in [0.3, 0.4) is 0 Å². The Hall–Kier alpha value is -0.0400. The molecule has 3 atom stereocenters. The first kappa shape index (κ1) is 14.0. The number of nitrogens with one attached hydrogen (secondary N) is 1. The van der Waals surface area contributed by atoms with Gasteiger partial charge in [0.15, 0.2) is 0 Å². The first-order chi connectivity index (χ1) is 7.37. The van der Waals surface area contributed by atoms with Crippen LogP contribution >= 0.6 is 0 Å². The third-order valence-corrected chi connectivity index (χ3v) is 4.20. The molecule has 96 valence electrons. The Balaban J connectivity index is 2.64. The molecule has 1 nitrogen and oxygen atoms in total. The third-order valence-electron chi connectivity index (χ3n) is 4.20. The second-order valence-electron chi connectivity index (χ2n) is 6.94. The molecule has 16 heavy (non-hydrogen) atoms. The predicted octanol–water partition coefficient (Wildman–Crippen LogP) is 4.08. The molecule has 0 aromatic carbocycles. The van der Waals surface area contributed by atoms with Gasteiger partial charge in [-0.05, 0) is 49.0 Å². The van der Waals surface area contributed by atoms with Crippen molar-refractivity contribution in [2.24, 2.45) is 23.2 Å². The van der Waals surface area contributed by atoms with Gasteiger partial charge in [-0.1, -0.05) is 41.5 Å². The lowest BCUT2D eigenvalue weighted by molar-refractivity contribution is 0.235. The molecule has 1 heteroatoms. The third kappa shape index (κ3) is 3.48. The van der Waals surface area contributed by atoms with Crippen molar-refractivity contribution >= 4 is 0 Å². The van der Waals surface area contributed by atoms with Crippen LogP contribution in [-0.2, 0) is 0 Å². The van der Waals surface area contributed by atoms with Crippen molar-refractivity contribution in [2.75, 3.05) is 6.54 Å². The zero-order valence-corrected chi connectivity index (χ0v) is 12.1. The van der Waals surface area contributed by atoms with Gasteiger partial charge in [-0.25, -0.2) is 0 Å². The molecule has 0 aromatic heterocycles. The Bertz CT molecular complexity index is 207. The molecule has 3 unspecified atom stereocenters. The van der Waals surface area contributed by atoms with Crippen molar-refractivity contribution in [1.29, 1.82) is 0 Å². The number of hydrogen-bond acceptors (Lipinski definition) is 1. The lowest BCUT2D eigenvalue weighted by atomic mass is 9.83. The molecule has 0 amide bonds. The van der Waals surface area contributed by atoms with E-state index in [-0.39, 0.29) is 0 Å². The van der Waals surface area contributed by atoms with Crippen molar-refractivity contribution in [3.8, 4) is 0 Å². The van der Waals surface area contributed by atoms with Crippen LogP contribution in [0.25, 0.3) is 0 Å². The van der Waals surface area contributed by atoms with Gasteiger partial charge in [-0.3, -0.25) is 0 Å². The van der Waals surface area contributed by atoms with E-state index in [0.717, 1.165) is 23.8 Å². The van der Waals surface area contributed by atoms with E-state index in [1.165, 1.54) is 25.8 Å². The SMILES string of the molecule is CCCNC(C(C)C)C1CC(C)(C)CC1C. The molecule has 0 radical (unpaired) electrons. The summed E-state index contributed by atoms with van der Waals surface area (Å²) in [6.07, 6.45) is 4.04. The molecule has 1 N–H and O–H groups in total. The maximum Gasteiger partial charge on any atom is 0.0121 e. The number of hydrogen-bond donors (Lipinski definition) is 1. The Morgan fingerprint density at radius 3 is 2.25 bits per heavy atom. The Labute approximate surface area is 102 Å². The first-order valence-electron chi connectivity index (χ1n) is 7.10. The van der Waals surface area contributed by atoms with Crippen molar-refractivity contribution in [3.05, 3.63) is 0 Å². The molecule has 1 rings (SSSR count). The molecule has 0 spiro atoms. The number of rotatable bonds is 5. The van der Waals surface area contributed by atoms with Crippen LogP contribution in [0.2, 0.25) is 0 Å². The van der Waals surface area contributed by atoms with E-state index in [0.29, 0.717) is 5.41 Å². The average molecular weight is 225 g/mol. The minimum absolute atomic E-state index is 0.561. The lowest BCUT2D eigenvalue weighted by Crippen LogP contribution is -2.42. The van der Waals surface area contributed by atoms with E-state index < -0.39 is 0 Å². The molecular formula is C15H31N. The van der Waals surface area contributed by atoms with Gasteiger partial charge in [0.2, 0.25) is 0 Å². The standard InChI is InChI=1S/C15H31N/c1-7-8-16-14(11(2)3)13-10-15(5,6)9-12(13)4/h11-14,16H,7-10H2,1-6H3. The van der Waals surface area contributed by atoms with Crippen LogP contribution in [0.5, 0.6) is 0 Å². The quantitative estimate of drug-likeness (QED) is 0.743. The van der Waals surface area contributed by atoms with E-state index in [4.69, 9.17) is 0 Å². The maximum absolute atomic E-state index is 3.78. The summed E-state index contributed by atoms with van der Waals surface area (Å²) in [6.45, 7) is 15.5. The topological polar surface area (TPSA) is 12.0 Å². The molecule has 0 bridgehead atoms. The first-order valence-corrected chi connectivity index (χ1v) is 7.10. The fourth-order valence-corrected chi connectivity index (χ4v) is 3.62. The zero-order chi connectivity index (χ0) is 12.3. The molecule has 1 fully saturated rings. The molecule has 1 aliphatic carbocycles. The largest absolute Gasteiger partial charge is 0.313 e. The van der Waals surface area contributed by atoms with Crippen LogP contribution in [0, 0.1) is 23.2 Å². The summed E-state index contributed by atoms with van der Waals surface area (Å²) in [5.41, 5.74) is 0.561. The molecule has 0 aromatic rings. The smallest absolute Gasteiger partial charge is 0.0121 e. The van der Waals surface area contributed by atoms with Gasteiger partial charge in [0, 0.05) is 6.04 Å². The summed E-state index contributed by atoms with van der Waals surface area (Å²) in [5.74, 6) is 2.52. The van der Waals surface area contributed by atoms with Crippen LogP contribution in [0.15, 0.2) is 0 Å². The van der Waals surface area contributed by atoms with Gasteiger partial charge in [0.1, 0.15) is 0 Å². The van der Waals surface area contributed by atoms with Gasteiger partial charge >= 0.3 is 0 Å². The molecule has 1 saturated carbocycles. The molecular weight excluding hydrogens is 194 g/mol. The summed E-state index contributed by atoms with van der Waals surface area (Å²) >= 11 is 0.